The molecular weight excluding hydrogens is 541 g/mol. The summed E-state index contributed by atoms with van der Waals surface area (Å²) in [5, 5.41) is 2.01. The van der Waals surface area contributed by atoms with Crippen molar-refractivity contribution in [1.82, 2.24) is 4.57 Å². The van der Waals surface area contributed by atoms with Gasteiger partial charge in [-0.2, -0.15) is 13.2 Å². The van der Waals surface area contributed by atoms with E-state index in [-0.39, 0.29) is 11.6 Å². The number of thiophene rings is 1. The van der Waals surface area contributed by atoms with Crippen molar-refractivity contribution < 1.29 is 17.6 Å². The number of furan rings is 1. The summed E-state index contributed by atoms with van der Waals surface area (Å²) in [6, 6.07) is 20.3. The van der Waals surface area contributed by atoms with Gasteiger partial charge in [-0.05, 0) is 59.7 Å². The Labute approximate surface area is 228 Å². The number of halogens is 3. The molecule has 4 heterocycles. The molecule has 1 aliphatic carbocycles. The van der Waals surface area contributed by atoms with Gasteiger partial charge in [0, 0.05) is 22.1 Å². The zero-order valence-corrected chi connectivity index (χ0v) is 21.9. The molecule has 3 aromatic heterocycles. The molecule has 0 N–H and O–H groups in total. The Morgan fingerprint density at radius 1 is 1.00 bits per heavy atom. The molecule has 194 valence electrons. The topological polar surface area (TPSA) is 47.5 Å². The van der Waals surface area contributed by atoms with Crippen LogP contribution in [-0.2, 0) is 12.6 Å². The van der Waals surface area contributed by atoms with Crippen LogP contribution in [0.25, 0.3) is 23.1 Å². The van der Waals surface area contributed by atoms with Crippen LogP contribution in [0, 0.1) is 0 Å². The summed E-state index contributed by atoms with van der Waals surface area (Å²) in [6.45, 7) is 0. The Bertz CT molecular complexity index is 1940. The van der Waals surface area contributed by atoms with Gasteiger partial charge in [0.1, 0.15) is 11.5 Å². The predicted octanol–water partition coefficient (Wildman–Crippen LogP) is 6.66. The van der Waals surface area contributed by atoms with E-state index in [2.05, 4.69) is 18.2 Å². The van der Waals surface area contributed by atoms with E-state index in [1.165, 1.54) is 23.0 Å². The van der Waals surface area contributed by atoms with E-state index in [0.29, 0.717) is 26.4 Å². The van der Waals surface area contributed by atoms with E-state index in [0.717, 1.165) is 46.7 Å². The van der Waals surface area contributed by atoms with Crippen LogP contribution in [-0.4, -0.2) is 4.57 Å². The molecule has 0 spiro atoms. The molecule has 7 rings (SSSR count). The quantitative estimate of drug-likeness (QED) is 0.248. The lowest BCUT2D eigenvalue weighted by molar-refractivity contribution is -0.137. The molecule has 39 heavy (non-hydrogen) atoms. The van der Waals surface area contributed by atoms with Crippen LogP contribution in [0.5, 0.6) is 0 Å². The first kappa shape index (κ1) is 24.1. The van der Waals surface area contributed by atoms with Crippen LogP contribution in [0.1, 0.15) is 39.8 Å². The minimum atomic E-state index is -4.45. The predicted molar refractivity (Wildman–Crippen MR) is 146 cm³/mol. The van der Waals surface area contributed by atoms with Crippen molar-refractivity contribution in [3.63, 3.8) is 0 Å². The van der Waals surface area contributed by atoms with Crippen molar-refractivity contribution in [3.05, 3.63) is 131 Å². The SMILES string of the molecule is O=c1/c(=C\c2ccc(-c3cccc(C(F)(F)F)c3)o2)sc2n1[C@H](c1cccs1)C1=C(N=2)c2ccccc2CC1. The molecule has 0 fully saturated rings. The van der Waals surface area contributed by atoms with Gasteiger partial charge in [-0.3, -0.25) is 9.36 Å². The van der Waals surface area contributed by atoms with Crippen molar-refractivity contribution in [1.29, 1.82) is 0 Å². The minimum absolute atomic E-state index is 0.167. The molecule has 0 bridgehead atoms. The zero-order chi connectivity index (χ0) is 26.7. The van der Waals surface area contributed by atoms with Crippen molar-refractivity contribution in [3.8, 4) is 11.3 Å². The second-order valence-corrected chi connectivity index (χ2v) is 11.4. The summed E-state index contributed by atoms with van der Waals surface area (Å²) in [4.78, 5) is 20.5. The number of rotatable bonds is 3. The Morgan fingerprint density at radius 2 is 1.87 bits per heavy atom. The Morgan fingerprint density at radius 3 is 2.69 bits per heavy atom. The van der Waals surface area contributed by atoms with Crippen LogP contribution in [0.4, 0.5) is 13.2 Å². The fourth-order valence-electron chi connectivity index (χ4n) is 5.28. The molecule has 4 nitrogen and oxygen atoms in total. The number of fused-ring (bicyclic) bond motifs is 3. The third kappa shape index (κ3) is 4.13. The van der Waals surface area contributed by atoms with Gasteiger partial charge in [0.15, 0.2) is 4.80 Å². The summed E-state index contributed by atoms with van der Waals surface area (Å²) in [6.07, 6.45) is -1.09. The van der Waals surface area contributed by atoms with Crippen molar-refractivity contribution >= 4 is 34.4 Å². The maximum Gasteiger partial charge on any atom is 0.416 e. The first-order valence-electron chi connectivity index (χ1n) is 12.3. The van der Waals surface area contributed by atoms with E-state index >= 15 is 0 Å². The maximum atomic E-state index is 13.8. The van der Waals surface area contributed by atoms with Crippen LogP contribution in [0.3, 0.4) is 0 Å². The second kappa shape index (κ2) is 9.07. The third-order valence-corrected chi connectivity index (χ3v) is 8.97. The number of aryl methyl sites for hydroxylation is 1. The highest BCUT2D eigenvalue weighted by atomic mass is 32.1. The fourth-order valence-corrected chi connectivity index (χ4v) is 7.11. The van der Waals surface area contributed by atoms with E-state index in [1.807, 2.05) is 23.6 Å². The summed E-state index contributed by atoms with van der Waals surface area (Å²) in [5.74, 6) is 0.679. The number of thiazole rings is 1. The van der Waals surface area contributed by atoms with Crippen molar-refractivity contribution in [2.24, 2.45) is 4.99 Å². The van der Waals surface area contributed by atoms with Gasteiger partial charge in [0.25, 0.3) is 5.56 Å². The summed E-state index contributed by atoms with van der Waals surface area (Å²) < 4.78 is 47.6. The highest BCUT2D eigenvalue weighted by Gasteiger charge is 2.33. The Kier molecular flexibility index (Phi) is 5.61. The normalized spacial score (nSPS) is 17.0. The zero-order valence-electron chi connectivity index (χ0n) is 20.2. The van der Waals surface area contributed by atoms with Gasteiger partial charge in [-0.1, -0.05) is 53.8 Å². The molecule has 0 unspecified atom stereocenters. The number of hydrogen-bond acceptors (Lipinski definition) is 5. The summed E-state index contributed by atoms with van der Waals surface area (Å²) in [5.41, 5.74) is 3.84. The van der Waals surface area contributed by atoms with Gasteiger partial charge >= 0.3 is 6.18 Å². The monoisotopic (exact) mass is 560 g/mol. The van der Waals surface area contributed by atoms with E-state index in [1.54, 1.807) is 40.2 Å². The van der Waals surface area contributed by atoms with Gasteiger partial charge in [-0.25, -0.2) is 4.99 Å². The molecule has 2 aliphatic rings. The van der Waals surface area contributed by atoms with Gasteiger partial charge in [0.05, 0.1) is 21.8 Å². The average Bonchev–Trinajstić information content (AvgIpc) is 3.69. The smallest absolute Gasteiger partial charge is 0.416 e. The Hall–Kier alpha value is -3.95. The molecule has 1 aliphatic heterocycles. The molecule has 9 heteroatoms. The lowest BCUT2D eigenvalue weighted by Gasteiger charge is -2.30. The summed E-state index contributed by atoms with van der Waals surface area (Å²) in [7, 11) is 0. The highest BCUT2D eigenvalue weighted by Crippen LogP contribution is 2.42. The average molecular weight is 561 g/mol. The molecule has 0 saturated carbocycles. The van der Waals surface area contributed by atoms with Gasteiger partial charge in [0.2, 0.25) is 0 Å². The van der Waals surface area contributed by atoms with E-state index in [9.17, 15) is 18.0 Å². The van der Waals surface area contributed by atoms with Crippen LogP contribution in [0.15, 0.2) is 98.0 Å². The molecule has 5 aromatic rings. The largest absolute Gasteiger partial charge is 0.457 e. The standard InChI is InChI=1S/C30H19F3N2O2S2/c31-30(32,33)19-7-3-6-18(15-19)23-13-11-20(37-23)16-25-28(36)35-27(24-9-4-14-38-24)22-12-10-17-5-1-2-8-21(17)26(22)34-29(35)39-25/h1-9,11,13-16,27H,10,12H2/b25-16+/t27-/m0/s1. The molecule has 0 saturated heterocycles. The maximum absolute atomic E-state index is 13.8. The van der Waals surface area contributed by atoms with Gasteiger partial charge in [-0.15, -0.1) is 11.3 Å². The number of benzene rings is 2. The van der Waals surface area contributed by atoms with Crippen LogP contribution >= 0.6 is 22.7 Å². The van der Waals surface area contributed by atoms with Crippen molar-refractivity contribution in [2.45, 2.75) is 25.1 Å². The molecule has 1 atom stereocenters. The lowest BCUT2D eigenvalue weighted by Crippen LogP contribution is -2.38. The summed E-state index contributed by atoms with van der Waals surface area (Å²) >= 11 is 2.91. The lowest BCUT2D eigenvalue weighted by atomic mass is 9.85. The molecule has 2 aromatic carbocycles. The number of nitrogens with zero attached hydrogens (tertiary/aromatic N) is 2. The van der Waals surface area contributed by atoms with Crippen LogP contribution < -0.4 is 14.9 Å². The fraction of sp³-hybridized carbons (Fsp3) is 0.133. The third-order valence-electron chi connectivity index (χ3n) is 7.06. The van der Waals surface area contributed by atoms with E-state index < -0.39 is 11.7 Å². The number of aromatic nitrogens is 1. The first-order chi connectivity index (χ1) is 18.9. The van der Waals surface area contributed by atoms with E-state index in [4.69, 9.17) is 9.41 Å². The first-order valence-corrected chi connectivity index (χ1v) is 14.0. The molecule has 0 amide bonds. The molecular formula is C30H19F3N2O2S2. The van der Waals surface area contributed by atoms with Gasteiger partial charge < -0.3 is 4.42 Å². The second-order valence-electron chi connectivity index (χ2n) is 9.41. The Balaban J connectivity index is 1.35. The van der Waals surface area contributed by atoms with Crippen molar-refractivity contribution in [2.75, 3.05) is 0 Å². The minimum Gasteiger partial charge on any atom is -0.457 e. The number of allylic oxidation sites excluding steroid dienone is 1. The highest BCUT2D eigenvalue weighted by molar-refractivity contribution is 7.10. The van der Waals surface area contributed by atoms with Crippen LogP contribution in [0.2, 0.25) is 0 Å². The molecule has 0 radical (unpaired) electrons. The number of alkyl halides is 3. The number of hydrogen-bond donors (Lipinski definition) is 0.